The third-order valence-electron chi connectivity index (χ3n) is 8.91. The number of ether oxygens (including phenoxy) is 1. The van der Waals surface area contributed by atoms with Crippen molar-refractivity contribution < 1.29 is 19.4 Å². The van der Waals surface area contributed by atoms with Crippen LogP contribution in [0.3, 0.4) is 0 Å². The number of carbonyl (C=O) groups is 2. The second kappa shape index (κ2) is 40.8. The van der Waals surface area contributed by atoms with Crippen molar-refractivity contribution in [3.63, 3.8) is 0 Å². The van der Waals surface area contributed by atoms with Crippen molar-refractivity contribution in [1.29, 1.82) is 0 Å². The Morgan fingerprint density at radius 1 is 0.460 bits per heavy atom. The summed E-state index contributed by atoms with van der Waals surface area (Å²) in [6, 6.07) is 0. The maximum absolute atomic E-state index is 12.7. The quantitative estimate of drug-likeness (QED) is 0.0399. The van der Waals surface area contributed by atoms with E-state index in [1.807, 2.05) is 0 Å². The fraction of sp³-hybridized carbons (Fsp3) is 0.696. The molecule has 0 saturated heterocycles. The lowest BCUT2D eigenvalue weighted by Gasteiger charge is -2.18. The number of unbranched alkanes of at least 4 members (excludes halogenated alkanes) is 16. The number of allylic oxidation sites excluding steroid dienone is 12. The summed E-state index contributed by atoms with van der Waals surface area (Å²) in [6.07, 6.45) is 57.7. The van der Waals surface area contributed by atoms with Gasteiger partial charge in [0.15, 0.2) is 0 Å². The van der Waals surface area contributed by atoms with Gasteiger partial charge in [-0.1, -0.05) is 151 Å². The highest BCUT2D eigenvalue weighted by molar-refractivity contribution is 5.69. The molecule has 0 aromatic heterocycles. The van der Waals surface area contributed by atoms with Crippen molar-refractivity contribution in [2.45, 2.75) is 206 Å². The highest BCUT2D eigenvalue weighted by Crippen LogP contribution is 2.18. The summed E-state index contributed by atoms with van der Waals surface area (Å²) < 4.78 is 5.99. The third kappa shape index (κ3) is 39.8. The van der Waals surface area contributed by atoms with E-state index in [9.17, 15) is 9.59 Å². The van der Waals surface area contributed by atoms with E-state index in [2.05, 4.69) is 86.8 Å². The summed E-state index contributed by atoms with van der Waals surface area (Å²) in [5.41, 5.74) is 0. The summed E-state index contributed by atoms with van der Waals surface area (Å²) in [6.45, 7) is 4.42. The molecule has 1 N–H and O–H groups in total. The van der Waals surface area contributed by atoms with Gasteiger partial charge in [0.1, 0.15) is 6.10 Å². The fourth-order valence-electron chi connectivity index (χ4n) is 5.85. The SMILES string of the molecule is CC/C=C\C/C=C\C/C=C\C/C=C\CCCCCCC(=O)OC(CCCCC/C=C\C/C=C\CCCCCCC)CCCCCCCC(=O)O. The van der Waals surface area contributed by atoms with Gasteiger partial charge < -0.3 is 9.84 Å². The molecule has 286 valence electrons. The fourth-order valence-corrected chi connectivity index (χ4v) is 5.85. The predicted octanol–water partition coefficient (Wildman–Crippen LogP) is 14.7. The van der Waals surface area contributed by atoms with Gasteiger partial charge in [0.05, 0.1) is 0 Å². The van der Waals surface area contributed by atoms with E-state index in [-0.39, 0.29) is 18.5 Å². The minimum Gasteiger partial charge on any atom is -0.481 e. The van der Waals surface area contributed by atoms with Crippen molar-refractivity contribution in [2.24, 2.45) is 0 Å². The largest absolute Gasteiger partial charge is 0.481 e. The van der Waals surface area contributed by atoms with Crippen LogP contribution in [0.15, 0.2) is 72.9 Å². The molecule has 0 aliphatic carbocycles. The maximum Gasteiger partial charge on any atom is 0.306 e. The van der Waals surface area contributed by atoms with Crippen LogP contribution in [-0.4, -0.2) is 23.1 Å². The summed E-state index contributed by atoms with van der Waals surface area (Å²) in [4.78, 5) is 23.4. The molecule has 50 heavy (non-hydrogen) atoms. The number of carboxylic acid groups (broad SMARTS) is 1. The first-order chi connectivity index (χ1) is 24.6. The molecule has 0 aromatic carbocycles. The zero-order valence-electron chi connectivity index (χ0n) is 32.7. The Morgan fingerprint density at radius 2 is 0.840 bits per heavy atom. The Bertz CT molecular complexity index is 922. The zero-order valence-corrected chi connectivity index (χ0v) is 32.7. The van der Waals surface area contributed by atoms with Gasteiger partial charge in [0.2, 0.25) is 0 Å². The summed E-state index contributed by atoms with van der Waals surface area (Å²) in [7, 11) is 0. The molecule has 0 amide bonds. The molecule has 0 heterocycles. The van der Waals surface area contributed by atoms with Crippen LogP contribution in [0.5, 0.6) is 0 Å². The van der Waals surface area contributed by atoms with Crippen molar-refractivity contribution in [3.8, 4) is 0 Å². The van der Waals surface area contributed by atoms with Gasteiger partial charge in [0.25, 0.3) is 0 Å². The molecule has 4 nitrogen and oxygen atoms in total. The van der Waals surface area contributed by atoms with Crippen LogP contribution in [0.4, 0.5) is 0 Å². The van der Waals surface area contributed by atoms with E-state index < -0.39 is 5.97 Å². The molecule has 0 aliphatic heterocycles. The first-order valence-electron chi connectivity index (χ1n) is 20.9. The van der Waals surface area contributed by atoms with E-state index in [4.69, 9.17) is 9.84 Å². The van der Waals surface area contributed by atoms with Gasteiger partial charge in [-0.15, -0.1) is 0 Å². The van der Waals surface area contributed by atoms with Gasteiger partial charge >= 0.3 is 11.9 Å². The van der Waals surface area contributed by atoms with Crippen molar-refractivity contribution in [1.82, 2.24) is 0 Å². The minimum absolute atomic E-state index is 0.0160. The van der Waals surface area contributed by atoms with Crippen LogP contribution in [0.2, 0.25) is 0 Å². The van der Waals surface area contributed by atoms with Crippen LogP contribution in [0.1, 0.15) is 200 Å². The Labute approximate surface area is 309 Å². The lowest BCUT2D eigenvalue weighted by Crippen LogP contribution is -2.18. The van der Waals surface area contributed by atoms with Gasteiger partial charge in [0, 0.05) is 12.8 Å². The van der Waals surface area contributed by atoms with E-state index in [0.29, 0.717) is 6.42 Å². The van der Waals surface area contributed by atoms with Crippen LogP contribution in [-0.2, 0) is 14.3 Å². The summed E-state index contributed by atoms with van der Waals surface area (Å²) >= 11 is 0. The van der Waals surface area contributed by atoms with E-state index in [1.54, 1.807) is 0 Å². The minimum atomic E-state index is -0.710. The number of hydrogen-bond acceptors (Lipinski definition) is 3. The second-order valence-electron chi connectivity index (χ2n) is 13.8. The molecule has 0 saturated carbocycles. The highest BCUT2D eigenvalue weighted by Gasteiger charge is 2.14. The molecule has 0 rings (SSSR count). The molecular weight excluding hydrogens is 617 g/mol. The lowest BCUT2D eigenvalue weighted by molar-refractivity contribution is -0.150. The predicted molar refractivity (Wildman–Crippen MR) is 218 cm³/mol. The van der Waals surface area contributed by atoms with Crippen LogP contribution < -0.4 is 0 Å². The number of aliphatic carboxylic acids is 1. The van der Waals surface area contributed by atoms with Crippen molar-refractivity contribution in [3.05, 3.63) is 72.9 Å². The van der Waals surface area contributed by atoms with E-state index in [0.717, 1.165) is 116 Å². The van der Waals surface area contributed by atoms with E-state index in [1.165, 1.54) is 57.8 Å². The Kier molecular flexibility index (Phi) is 38.7. The maximum atomic E-state index is 12.7. The standard InChI is InChI=1S/C46H78O4/c1-3-5-7-9-11-13-15-17-19-20-22-24-26-28-30-35-39-43-46(49)50-44(41-37-33-31-34-38-42-45(47)48)40-36-32-29-27-25-23-21-18-16-14-12-10-8-6-4-2/h5,7,11,13,16-19,22-25,44H,3-4,6,8-10,12,14-15,20-21,26-43H2,1-2H3,(H,47,48)/b7-5-,13-11-,18-16-,19-17-,24-22-,25-23-. The average molecular weight is 695 g/mol. The smallest absolute Gasteiger partial charge is 0.306 e. The van der Waals surface area contributed by atoms with Gasteiger partial charge in [-0.25, -0.2) is 0 Å². The molecule has 1 atom stereocenters. The van der Waals surface area contributed by atoms with Gasteiger partial charge in [-0.05, 0) is 109 Å². The van der Waals surface area contributed by atoms with Crippen molar-refractivity contribution in [2.75, 3.05) is 0 Å². The summed E-state index contributed by atoms with van der Waals surface area (Å²) in [5, 5.41) is 8.83. The molecule has 0 aliphatic rings. The molecule has 0 radical (unpaired) electrons. The Balaban J connectivity index is 4.16. The number of carbonyl (C=O) groups excluding carboxylic acids is 1. The number of rotatable bonds is 37. The van der Waals surface area contributed by atoms with Crippen LogP contribution in [0, 0.1) is 0 Å². The van der Waals surface area contributed by atoms with Crippen LogP contribution >= 0.6 is 0 Å². The molecular formula is C46H78O4. The Hall–Kier alpha value is -2.62. The number of carboxylic acids is 1. The Morgan fingerprint density at radius 3 is 1.32 bits per heavy atom. The summed E-state index contributed by atoms with van der Waals surface area (Å²) in [5.74, 6) is -0.744. The molecule has 1 unspecified atom stereocenters. The monoisotopic (exact) mass is 695 g/mol. The highest BCUT2D eigenvalue weighted by atomic mass is 16.5. The molecule has 0 aromatic rings. The first-order valence-corrected chi connectivity index (χ1v) is 20.9. The first kappa shape index (κ1) is 47.4. The topological polar surface area (TPSA) is 63.6 Å². The third-order valence-corrected chi connectivity index (χ3v) is 8.91. The van der Waals surface area contributed by atoms with Gasteiger partial charge in [-0.2, -0.15) is 0 Å². The van der Waals surface area contributed by atoms with Crippen molar-refractivity contribution >= 4 is 11.9 Å². The van der Waals surface area contributed by atoms with E-state index >= 15 is 0 Å². The number of hydrogen-bond donors (Lipinski definition) is 1. The van der Waals surface area contributed by atoms with Crippen LogP contribution in [0.25, 0.3) is 0 Å². The molecule has 0 spiro atoms. The molecule has 0 fully saturated rings. The molecule has 4 heteroatoms. The van der Waals surface area contributed by atoms with Gasteiger partial charge in [-0.3, -0.25) is 9.59 Å². The second-order valence-corrected chi connectivity index (χ2v) is 13.8. The normalized spacial score (nSPS) is 13.0. The number of esters is 1. The lowest BCUT2D eigenvalue weighted by atomic mass is 10.0. The molecule has 0 bridgehead atoms. The zero-order chi connectivity index (χ0) is 36.4. The average Bonchev–Trinajstić information content (AvgIpc) is 3.10.